The Kier molecular flexibility index (Phi) is 5.09. The molecule has 1 aromatic carbocycles. The summed E-state index contributed by atoms with van der Waals surface area (Å²) in [6.07, 6.45) is 7.25. The summed E-state index contributed by atoms with van der Waals surface area (Å²) < 4.78 is 2.00. The number of aryl methyl sites for hydroxylation is 1. The highest BCUT2D eigenvalue weighted by Crippen LogP contribution is 2.41. The van der Waals surface area contributed by atoms with Crippen molar-refractivity contribution in [1.82, 2.24) is 24.4 Å². The van der Waals surface area contributed by atoms with E-state index in [1.54, 1.807) is 18.6 Å². The van der Waals surface area contributed by atoms with E-state index in [-0.39, 0.29) is 11.3 Å². The second-order valence-corrected chi connectivity index (χ2v) is 8.92. The standard InChI is InChI=1S/C23H28N6O2/c1-17-26-19-4-2-3-5-20(19)29(17)15-22(31)27-10-6-23(7-11-27)12-18(30)14-28(16-23)21-13-24-8-9-25-21/h2-5,8-9,13,18,30H,6-7,10-12,14-16H2,1H3. The summed E-state index contributed by atoms with van der Waals surface area (Å²) in [5.41, 5.74) is 1.92. The molecule has 8 heteroatoms. The van der Waals surface area contributed by atoms with Crippen LogP contribution >= 0.6 is 0 Å². The number of hydrogen-bond donors (Lipinski definition) is 1. The zero-order chi connectivity index (χ0) is 21.4. The lowest BCUT2D eigenvalue weighted by Gasteiger charge is -2.49. The number of carbonyl (C=O) groups excluding carboxylic acids is 1. The van der Waals surface area contributed by atoms with Crippen LogP contribution < -0.4 is 4.90 Å². The molecule has 1 amide bonds. The summed E-state index contributed by atoms with van der Waals surface area (Å²) in [6, 6.07) is 7.93. The lowest BCUT2D eigenvalue weighted by Crippen LogP contribution is -2.55. The van der Waals surface area contributed by atoms with Gasteiger partial charge >= 0.3 is 0 Å². The van der Waals surface area contributed by atoms with Gasteiger partial charge in [-0.25, -0.2) is 9.97 Å². The minimum absolute atomic E-state index is 0.00356. The number of hydrogen-bond acceptors (Lipinski definition) is 6. The number of piperidine rings is 2. The first-order chi connectivity index (χ1) is 15.0. The van der Waals surface area contributed by atoms with Crippen molar-refractivity contribution in [2.24, 2.45) is 5.41 Å². The van der Waals surface area contributed by atoms with Crippen LogP contribution in [0.5, 0.6) is 0 Å². The molecule has 3 aromatic rings. The number of anilines is 1. The summed E-state index contributed by atoms with van der Waals surface area (Å²) in [4.78, 5) is 30.3. The Balaban J connectivity index is 1.26. The molecule has 2 fully saturated rings. The van der Waals surface area contributed by atoms with Gasteiger partial charge in [0.2, 0.25) is 5.91 Å². The fraction of sp³-hybridized carbons (Fsp3) is 0.478. The lowest BCUT2D eigenvalue weighted by molar-refractivity contribution is -0.134. The highest BCUT2D eigenvalue weighted by molar-refractivity contribution is 5.81. The van der Waals surface area contributed by atoms with Gasteiger partial charge in [0, 0.05) is 38.6 Å². The number of β-amino-alcohol motifs (C(OH)–C–C–N with tert-alkyl or cyclic N) is 1. The Morgan fingerprint density at radius 1 is 1.23 bits per heavy atom. The maximum Gasteiger partial charge on any atom is 0.242 e. The van der Waals surface area contributed by atoms with Crippen molar-refractivity contribution in [3.8, 4) is 0 Å². The molecule has 1 atom stereocenters. The van der Waals surface area contributed by atoms with Crippen LogP contribution in [0.25, 0.3) is 11.0 Å². The molecule has 0 bridgehead atoms. The number of aliphatic hydroxyl groups is 1. The quantitative estimate of drug-likeness (QED) is 0.698. The van der Waals surface area contributed by atoms with E-state index < -0.39 is 6.10 Å². The third-order valence-electron chi connectivity index (χ3n) is 6.82. The van der Waals surface area contributed by atoms with Gasteiger partial charge in [0.05, 0.1) is 23.3 Å². The fourth-order valence-electron chi connectivity index (χ4n) is 5.21. The molecule has 0 aliphatic carbocycles. The molecule has 1 spiro atoms. The summed E-state index contributed by atoms with van der Waals surface area (Å²) in [5, 5.41) is 10.6. The summed E-state index contributed by atoms with van der Waals surface area (Å²) in [5.74, 6) is 1.79. The van der Waals surface area contributed by atoms with Gasteiger partial charge in [0.15, 0.2) is 0 Å². The van der Waals surface area contributed by atoms with Crippen LogP contribution in [0.15, 0.2) is 42.9 Å². The molecule has 1 unspecified atom stereocenters. The highest BCUT2D eigenvalue weighted by Gasteiger charge is 2.42. The first kappa shape index (κ1) is 19.9. The summed E-state index contributed by atoms with van der Waals surface area (Å²) >= 11 is 0. The molecular formula is C23H28N6O2. The normalized spacial score (nSPS) is 21.0. The molecule has 0 saturated carbocycles. The van der Waals surface area contributed by atoms with E-state index in [1.165, 1.54) is 0 Å². The molecule has 2 saturated heterocycles. The lowest BCUT2D eigenvalue weighted by atomic mass is 9.71. The predicted octanol–water partition coefficient (Wildman–Crippen LogP) is 2.01. The maximum absolute atomic E-state index is 13.1. The topological polar surface area (TPSA) is 87.4 Å². The number of para-hydroxylation sites is 2. The Morgan fingerprint density at radius 3 is 2.81 bits per heavy atom. The third-order valence-corrected chi connectivity index (χ3v) is 6.82. The highest BCUT2D eigenvalue weighted by atomic mass is 16.3. The van der Waals surface area contributed by atoms with Crippen molar-refractivity contribution in [2.75, 3.05) is 31.1 Å². The van der Waals surface area contributed by atoms with Gasteiger partial charge in [0.1, 0.15) is 18.2 Å². The van der Waals surface area contributed by atoms with Gasteiger partial charge in [-0.15, -0.1) is 0 Å². The van der Waals surface area contributed by atoms with Crippen LogP contribution in [0.3, 0.4) is 0 Å². The van der Waals surface area contributed by atoms with Crippen LogP contribution in [-0.4, -0.2) is 67.7 Å². The molecule has 2 aromatic heterocycles. The minimum Gasteiger partial charge on any atom is -0.391 e. The summed E-state index contributed by atoms with van der Waals surface area (Å²) in [7, 11) is 0. The van der Waals surface area contributed by atoms with Crippen molar-refractivity contribution in [3.63, 3.8) is 0 Å². The number of carbonyl (C=O) groups is 1. The molecule has 1 N–H and O–H groups in total. The molecule has 162 valence electrons. The smallest absolute Gasteiger partial charge is 0.242 e. The molecule has 8 nitrogen and oxygen atoms in total. The van der Waals surface area contributed by atoms with E-state index in [1.807, 2.05) is 40.7 Å². The van der Waals surface area contributed by atoms with E-state index in [2.05, 4.69) is 19.9 Å². The van der Waals surface area contributed by atoms with Crippen LogP contribution in [0.2, 0.25) is 0 Å². The molecule has 2 aliphatic rings. The minimum atomic E-state index is -0.391. The monoisotopic (exact) mass is 420 g/mol. The zero-order valence-electron chi connectivity index (χ0n) is 17.8. The van der Waals surface area contributed by atoms with Gasteiger partial charge in [0.25, 0.3) is 0 Å². The molecule has 2 aliphatic heterocycles. The Morgan fingerprint density at radius 2 is 2.03 bits per heavy atom. The zero-order valence-corrected chi connectivity index (χ0v) is 17.8. The van der Waals surface area contributed by atoms with Crippen molar-refractivity contribution in [1.29, 1.82) is 0 Å². The second-order valence-electron chi connectivity index (χ2n) is 8.92. The Bertz CT molecular complexity index is 1070. The number of aromatic nitrogens is 4. The SMILES string of the molecule is Cc1nc2ccccc2n1CC(=O)N1CCC2(CC1)CC(O)CN(c1cnccn1)C2. The molecule has 4 heterocycles. The average molecular weight is 421 g/mol. The number of fused-ring (bicyclic) bond motifs is 1. The van der Waals surface area contributed by atoms with Crippen LogP contribution in [0.1, 0.15) is 25.1 Å². The van der Waals surface area contributed by atoms with E-state index in [4.69, 9.17) is 0 Å². The van der Waals surface area contributed by atoms with E-state index in [0.717, 1.165) is 48.5 Å². The van der Waals surface area contributed by atoms with E-state index in [9.17, 15) is 9.90 Å². The van der Waals surface area contributed by atoms with Crippen LogP contribution in [0, 0.1) is 12.3 Å². The van der Waals surface area contributed by atoms with E-state index in [0.29, 0.717) is 26.2 Å². The van der Waals surface area contributed by atoms with Gasteiger partial charge in [-0.2, -0.15) is 0 Å². The second kappa shape index (κ2) is 7.92. The largest absolute Gasteiger partial charge is 0.391 e. The predicted molar refractivity (Wildman–Crippen MR) is 118 cm³/mol. The van der Waals surface area contributed by atoms with Crippen molar-refractivity contribution >= 4 is 22.8 Å². The van der Waals surface area contributed by atoms with Gasteiger partial charge in [-0.05, 0) is 43.7 Å². The molecule has 5 rings (SSSR count). The number of amides is 1. The van der Waals surface area contributed by atoms with E-state index >= 15 is 0 Å². The number of nitrogens with zero attached hydrogens (tertiary/aromatic N) is 6. The van der Waals surface area contributed by atoms with Gasteiger partial charge in [-0.3, -0.25) is 9.78 Å². The summed E-state index contributed by atoms with van der Waals surface area (Å²) in [6.45, 7) is 5.11. The fourth-order valence-corrected chi connectivity index (χ4v) is 5.21. The number of aliphatic hydroxyl groups excluding tert-OH is 1. The number of likely N-dealkylation sites (tertiary alicyclic amines) is 1. The maximum atomic E-state index is 13.1. The molecule has 31 heavy (non-hydrogen) atoms. The first-order valence-corrected chi connectivity index (χ1v) is 10.9. The van der Waals surface area contributed by atoms with Crippen molar-refractivity contribution in [3.05, 3.63) is 48.7 Å². The Labute approximate surface area is 181 Å². The number of imidazole rings is 1. The van der Waals surface area contributed by atoms with Crippen LogP contribution in [0.4, 0.5) is 5.82 Å². The van der Waals surface area contributed by atoms with Gasteiger partial charge < -0.3 is 19.5 Å². The van der Waals surface area contributed by atoms with Crippen molar-refractivity contribution < 1.29 is 9.90 Å². The third kappa shape index (κ3) is 3.87. The number of rotatable bonds is 3. The van der Waals surface area contributed by atoms with Crippen LogP contribution in [-0.2, 0) is 11.3 Å². The van der Waals surface area contributed by atoms with Crippen molar-refractivity contribution in [2.45, 2.75) is 38.8 Å². The average Bonchev–Trinajstić information content (AvgIpc) is 3.09. The first-order valence-electron chi connectivity index (χ1n) is 10.9. The van der Waals surface area contributed by atoms with Gasteiger partial charge in [-0.1, -0.05) is 12.1 Å². The number of benzene rings is 1. The Hall–Kier alpha value is -3.00. The molecular weight excluding hydrogens is 392 g/mol. The molecule has 0 radical (unpaired) electrons.